The fourth-order valence-corrected chi connectivity index (χ4v) is 3.78. The second-order valence-corrected chi connectivity index (χ2v) is 7.25. The molecule has 1 aliphatic heterocycles. The SMILES string of the molecule is CCCCCOC(=O)C1=C(C)Nc2nc3ccccc3n2[C@@H]1c1ccc(F)cc1. The molecule has 3 aromatic rings. The standard InChI is InChI=1S/C23H24FN3O2/c1-3-4-7-14-29-22(28)20-15(2)25-23-26-18-8-5-6-9-19(18)27(23)21(20)16-10-12-17(24)13-11-16/h5-6,8-13,21H,3-4,7,14H2,1-2H3,(H,25,26)/t21-/m1/s1. The van der Waals surface area contributed by atoms with Gasteiger partial charge in [0.25, 0.3) is 0 Å². The summed E-state index contributed by atoms with van der Waals surface area (Å²) in [6.07, 6.45) is 2.91. The summed E-state index contributed by atoms with van der Waals surface area (Å²) in [5.74, 6) is -0.0211. The molecule has 6 heteroatoms. The van der Waals surface area contributed by atoms with Gasteiger partial charge in [-0.2, -0.15) is 0 Å². The number of carbonyl (C=O) groups excluding carboxylic acids is 1. The van der Waals surface area contributed by atoms with Gasteiger partial charge in [0, 0.05) is 5.70 Å². The monoisotopic (exact) mass is 393 g/mol. The van der Waals surface area contributed by atoms with E-state index in [4.69, 9.17) is 4.74 Å². The third-order valence-corrected chi connectivity index (χ3v) is 5.22. The number of aromatic nitrogens is 2. The van der Waals surface area contributed by atoms with Crippen molar-refractivity contribution >= 4 is 23.0 Å². The van der Waals surface area contributed by atoms with Crippen molar-refractivity contribution in [1.82, 2.24) is 9.55 Å². The molecule has 0 saturated heterocycles. The summed E-state index contributed by atoms with van der Waals surface area (Å²) in [7, 11) is 0. The Kier molecular flexibility index (Phi) is 5.34. The van der Waals surface area contributed by atoms with Crippen molar-refractivity contribution in [1.29, 1.82) is 0 Å². The molecule has 4 rings (SSSR count). The van der Waals surface area contributed by atoms with Crippen LogP contribution in [0.15, 0.2) is 59.8 Å². The molecule has 0 saturated carbocycles. The van der Waals surface area contributed by atoms with Crippen molar-refractivity contribution in [3.8, 4) is 0 Å². The normalized spacial score (nSPS) is 15.9. The molecule has 0 radical (unpaired) electrons. The number of nitrogens with one attached hydrogen (secondary N) is 1. The lowest BCUT2D eigenvalue weighted by Gasteiger charge is -2.30. The predicted octanol–water partition coefficient (Wildman–Crippen LogP) is 5.20. The van der Waals surface area contributed by atoms with Gasteiger partial charge in [-0.1, -0.05) is 44.0 Å². The third kappa shape index (κ3) is 3.62. The number of benzene rings is 2. The zero-order valence-electron chi connectivity index (χ0n) is 16.6. The van der Waals surface area contributed by atoms with Crippen LogP contribution in [0, 0.1) is 5.82 Å². The van der Waals surface area contributed by atoms with Crippen LogP contribution in [0.5, 0.6) is 0 Å². The van der Waals surface area contributed by atoms with Gasteiger partial charge in [-0.3, -0.25) is 4.57 Å². The van der Waals surface area contributed by atoms with Gasteiger partial charge < -0.3 is 10.1 Å². The van der Waals surface area contributed by atoms with E-state index in [2.05, 4.69) is 17.2 Å². The van der Waals surface area contributed by atoms with E-state index < -0.39 is 6.04 Å². The Balaban J connectivity index is 1.80. The number of ether oxygens (including phenoxy) is 1. The van der Waals surface area contributed by atoms with Gasteiger partial charge >= 0.3 is 5.97 Å². The highest BCUT2D eigenvalue weighted by Crippen LogP contribution is 2.39. The smallest absolute Gasteiger partial charge is 0.338 e. The highest BCUT2D eigenvalue weighted by atomic mass is 19.1. The first-order chi connectivity index (χ1) is 14.1. The number of esters is 1. The Morgan fingerprint density at radius 3 is 2.69 bits per heavy atom. The minimum absolute atomic E-state index is 0.317. The van der Waals surface area contributed by atoms with Crippen LogP contribution in [0.4, 0.5) is 10.3 Å². The van der Waals surface area contributed by atoms with E-state index in [-0.39, 0.29) is 11.8 Å². The number of nitrogens with zero attached hydrogens (tertiary/aromatic N) is 2. The number of para-hydroxylation sites is 2. The first kappa shape index (κ1) is 19.2. The summed E-state index contributed by atoms with van der Waals surface area (Å²) >= 11 is 0. The predicted molar refractivity (Wildman–Crippen MR) is 111 cm³/mol. The second-order valence-electron chi connectivity index (χ2n) is 7.25. The number of carbonyl (C=O) groups is 1. The summed E-state index contributed by atoms with van der Waals surface area (Å²) in [6, 6.07) is 13.6. The molecule has 0 fully saturated rings. The lowest BCUT2D eigenvalue weighted by molar-refractivity contribution is -0.139. The highest BCUT2D eigenvalue weighted by molar-refractivity contribution is 5.94. The van der Waals surface area contributed by atoms with Crippen molar-refractivity contribution in [2.75, 3.05) is 11.9 Å². The maximum absolute atomic E-state index is 13.6. The Morgan fingerprint density at radius 2 is 1.93 bits per heavy atom. The topological polar surface area (TPSA) is 56.1 Å². The van der Waals surface area contributed by atoms with Gasteiger partial charge in [0.15, 0.2) is 0 Å². The van der Waals surface area contributed by atoms with Crippen LogP contribution in [0.2, 0.25) is 0 Å². The lowest BCUT2D eigenvalue weighted by atomic mass is 9.95. The zero-order chi connectivity index (χ0) is 20.4. The number of fused-ring (bicyclic) bond motifs is 3. The number of imidazole rings is 1. The highest BCUT2D eigenvalue weighted by Gasteiger charge is 2.34. The van der Waals surface area contributed by atoms with Crippen LogP contribution in [0.1, 0.15) is 44.7 Å². The fraction of sp³-hybridized carbons (Fsp3) is 0.304. The van der Waals surface area contributed by atoms with Crippen LogP contribution in [0.3, 0.4) is 0 Å². The largest absolute Gasteiger partial charge is 0.462 e. The summed E-state index contributed by atoms with van der Waals surface area (Å²) in [5, 5.41) is 3.25. The van der Waals surface area contributed by atoms with Crippen LogP contribution in [-0.2, 0) is 9.53 Å². The molecule has 1 aromatic heterocycles. The molecule has 1 atom stereocenters. The molecule has 0 aliphatic carbocycles. The number of allylic oxidation sites excluding steroid dienone is 1. The number of unbranched alkanes of at least 4 members (excludes halogenated alkanes) is 2. The minimum Gasteiger partial charge on any atom is -0.462 e. The first-order valence-corrected chi connectivity index (χ1v) is 9.97. The molecule has 0 bridgehead atoms. The molecule has 0 unspecified atom stereocenters. The number of hydrogen-bond donors (Lipinski definition) is 1. The van der Waals surface area contributed by atoms with Crippen LogP contribution < -0.4 is 5.32 Å². The van der Waals surface area contributed by atoms with Crippen molar-refractivity contribution < 1.29 is 13.9 Å². The van der Waals surface area contributed by atoms with E-state index in [1.165, 1.54) is 12.1 Å². The Morgan fingerprint density at radius 1 is 1.17 bits per heavy atom. The van der Waals surface area contributed by atoms with Crippen LogP contribution >= 0.6 is 0 Å². The second kappa shape index (κ2) is 8.07. The van der Waals surface area contributed by atoms with Gasteiger partial charge in [0.05, 0.1) is 29.3 Å². The van der Waals surface area contributed by atoms with Crippen molar-refractivity contribution in [2.45, 2.75) is 39.2 Å². The molecule has 150 valence electrons. The van der Waals surface area contributed by atoms with E-state index >= 15 is 0 Å². The minimum atomic E-state index is -0.446. The summed E-state index contributed by atoms with van der Waals surface area (Å²) in [5.41, 5.74) is 3.74. The number of hydrogen-bond acceptors (Lipinski definition) is 4. The fourth-order valence-electron chi connectivity index (χ4n) is 3.78. The summed E-state index contributed by atoms with van der Waals surface area (Å²) in [4.78, 5) is 17.7. The number of anilines is 1. The van der Waals surface area contributed by atoms with Gasteiger partial charge in [-0.05, 0) is 43.2 Å². The van der Waals surface area contributed by atoms with E-state index in [9.17, 15) is 9.18 Å². The summed E-state index contributed by atoms with van der Waals surface area (Å²) < 4.78 is 21.2. The molecular weight excluding hydrogens is 369 g/mol. The number of rotatable bonds is 6. The Hall–Kier alpha value is -3.15. The average Bonchev–Trinajstić information content (AvgIpc) is 3.08. The van der Waals surface area contributed by atoms with Crippen molar-refractivity contribution in [2.24, 2.45) is 0 Å². The average molecular weight is 393 g/mol. The van der Waals surface area contributed by atoms with E-state index in [0.29, 0.717) is 23.8 Å². The summed E-state index contributed by atoms with van der Waals surface area (Å²) in [6.45, 7) is 4.34. The van der Waals surface area contributed by atoms with Crippen LogP contribution in [-0.4, -0.2) is 22.1 Å². The van der Waals surface area contributed by atoms with E-state index in [1.54, 1.807) is 12.1 Å². The molecule has 29 heavy (non-hydrogen) atoms. The van der Waals surface area contributed by atoms with Gasteiger partial charge in [-0.15, -0.1) is 0 Å². The third-order valence-electron chi connectivity index (χ3n) is 5.22. The zero-order valence-corrected chi connectivity index (χ0v) is 16.6. The van der Waals surface area contributed by atoms with E-state index in [0.717, 1.165) is 35.9 Å². The van der Waals surface area contributed by atoms with Gasteiger partial charge in [0.2, 0.25) is 5.95 Å². The molecule has 1 N–H and O–H groups in total. The van der Waals surface area contributed by atoms with Crippen molar-refractivity contribution in [3.63, 3.8) is 0 Å². The molecule has 0 amide bonds. The Bertz CT molecular complexity index is 1070. The molecular formula is C23H24FN3O2. The molecule has 5 nitrogen and oxygen atoms in total. The molecule has 2 aromatic carbocycles. The van der Waals surface area contributed by atoms with E-state index in [1.807, 2.05) is 35.8 Å². The molecule has 0 spiro atoms. The Labute approximate surface area is 169 Å². The maximum Gasteiger partial charge on any atom is 0.338 e. The van der Waals surface area contributed by atoms with Gasteiger partial charge in [-0.25, -0.2) is 14.2 Å². The quantitative estimate of drug-likeness (QED) is 0.462. The molecule has 1 aliphatic rings. The lowest BCUT2D eigenvalue weighted by Crippen LogP contribution is -2.29. The van der Waals surface area contributed by atoms with Crippen LogP contribution in [0.25, 0.3) is 11.0 Å². The molecule has 2 heterocycles. The number of halogens is 1. The maximum atomic E-state index is 13.6. The van der Waals surface area contributed by atoms with Gasteiger partial charge in [0.1, 0.15) is 5.82 Å². The van der Waals surface area contributed by atoms with Crippen molar-refractivity contribution in [3.05, 3.63) is 71.2 Å². The first-order valence-electron chi connectivity index (χ1n) is 9.97.